The smallest absolute Gasteiger partial charge is 0.0737 e. The highest BCUT2D eigenvalue weighted by Gasteiger charge is 2.24. The first kappa shape index (κ1) is 9.96. The molecule has 0 amide bonds. The molecule has 2 unspecified atom stereocenters. The lowest BCUT2D eigenvalue weighted by molar-refractivity contribution is -0.220. The minimum Gasteiger partial charge on any atom is -0.328 e. The number of nitrogens with two attached hydrogens (primary N) is 1. The number of nitrogens with zero attached hydrogens (tertiary/aromatic N) is 1. The molecule has 3 nitrogen and oxygen atoms in total. The molecule has 0 spiro atoms. The van der Waals surface area contributed by atoms with Crippen LogP contribution in [-0.2, 0) is 4.84 Å². The van der Waals surface area contributed by atoms with Crippen LogP contribution >= 0.6 is 0 Å². The Labute approximate surface area is 74.8 Å². The first-order valence-electron chi connectivity index (χ1n) is 4.78. The minimum atomic E-state index is 0.279. The fraction of sp³-hybridized carbons (Fsp3) is 1.00. The molecule has 0 aromatic heterocycles. The zero-order chi connectivity index (χ0) is 9.14. The summed E-state index contributed by atoms with van der Waals surface area (Å²) in [4.78, 5) is 5.63. The summed E-state index contributed by atoms with van der Waals surface area (Å²) in [6.07, 6.45) is 2.38. The summed E-state index contributed by atoms with van der Waals surface area (Å²) in [6.45, 7) is 7.25. The minimum absolute atomic E-state index is 0.279. The van der Waals surface area contributed by atoms with Gasteiger partial charge in [-0.15, -0.1) is 0 Å². The van der Waals surface area contributed by atoms with Gasteiger partial charge in [0, 0.05) is 18.6 Å². The van der Waals surface area contributed by atoms with E-state index in [1.165, 1.54) is 0 Å². The van der Waals surface area contributed by atoms with Gasteiger partial charge in [0.05, 0.1) is 6.10 Å². The van der Waals surface area contributed by atoms with Gasteiger partial charge in [0.1, 0.15) is 0 Å². The van der Waals surface area contributed by atoms with Crippen molar-refractivity contribution in [2.24, 2.45) is 5.73 Å². The molecular formula is C9H20N2O. The SMILES string of the molecule is CC(C)ON1CCC(N)CC1C. The maximum atomic E-state index is 5.84. The summed E-state index contributed by atoms with van der Waals surface area (Å²) < 4.78 is 0. The van der Waals surface area contributed by atoms with E-state index >= 15 is 0 Å². The molecule has 2 N–H and O–H groups in total. The topological polar surface area (TPSA) is 38.5 Å². The van der Waals surface area contributed by atoms with Crippen molar-refractivity contribution in [3.05, 3.63) is 0 Å². The van der Waals surface area contributed by atoms with Gasteiger partial charge in [-0.05, 0) is 33.6 Å². The molecule has 2 atom stereocenters. The second kappa shape index (κ2) is 4.21. The van der Waals surface area contributed by atoms with Gasteiger partial charge in [0.2, 0.25) is 0 Å². The average Bonchev–Trinajstić information content (AvgIpc) is 1.94. The lowest BCUT2D eigenvalue weighted by Crippen LogP contribution is -2.46. The second-order valence-electron chi connectivity index (χ2n) is 3.93. The molecule has 12 heavy (non-hydrogen) atoms. The monoisotopic (exact) mass is 172 g/mol. The molecule has 1 fully saturated rings. The van der Waals surface area contributed by atoms with Crippen molar-refractivity contribution >= 4 is 0 Å². The molecule has 72 valence electrons. The number of piperidine rings is 1. The summed E-state index contributed by atoms with van der Waals surface area (Å²) in [5.74, 6) is 0. The highest BCUT2D eigenvalue weighted by atomic mass is 16.7. The van der Waals surface area contributed by atoms with Crippen LogP contribution in [0.15, 0.2) is 0 Å². The number of hydroxylamine groups is 2. The standard InChI is InChI=1S/C9H20N2O/c1-7(2)12-11-5-4-9(10)6-8(11)3/h7-9H,4-6,10H2,1-3H3. The van der Waals surface area contributed by atoms with Crippen LogP contribution in [0.4, 0.5) is 0 Å². The van der Waals surface area contributed by atoms with Gasteiger partial charge in [-0.3, -0.25) is 4.84 Å². The highest BCUT2D eigenvalue weighted by Crippen LogP contribution is 2.16. The third kappa shape index (κ3) is 2.73. The lowest BCUT2D eigenvalue weighted by atomic mass is 10.0. The Morgan fingerprint density at radius 2 is 2.17 bits per heavy atom. The van der Waals surface area contributed by atoms with Crippen molar-refractivity contribution in [1.82, 2.24) is 5.06 Å². The van der Waals surface area contributed by atoms with Crippen molar-refractivity contribution in [3.63, 3.8) is 0 Å². The Morgan fingerprint density at radius 1 is 1.50 bits per heavy atom. The second-order valence-corrected chi connectivity index (χ2v) is 3.93. The number of hydrogen-bond acceptors (Lipinski definition) is 3. The summed E-state index contributed by atoms with van der Waals surface area (Å²) in [6, 6.07) is 0.836. The Kier molecular flexibility index (Phi) is 3.50. The molecule has 1 heterocycles. The molecular weight excluding hydrogens is 152 g/mol. The first-order valence-corrected chi connectivity index (χ1v) is 4.78. The van der Waals surface area contributed by atoms with E-state index in [1.807, 2.05) is 0 Å². The normalized spacial score (nSPS) is 32.8. The van der Waals surface area contributed by atoms with E-state index in [2.05, 4.69) is 25.8 Å². The molecule has 0 radical (unpaired) electrons. The Bertz CT molecular complexity index is 138. The molecule has 3 heteroatoms. The van der Waals surface area contributed by atoms with Gasteiger partial charge in [-0.1, -0.05) is 0 Å². The van der Waals surface area contributed by atoms with Gasteiger partial charge in [0.25, 0.3) is 0 Å². The number of hydrogen-bond donors (Lipinski definition) is 1. The number of rotatable bonds is 2. The van der Waals surface area contributed by atoms with Gasteiger partial charge >= 0.3 is 0 Å². The summed E-state index contributed by atoms with van der Waals surface area (Å²) in [5.41, 5.74) is 5.84. The van der Waals surface area contributed by atoms with E-state index < -0.39 is 0 Å². The Hall–Kier alpha value is -0.120. The molecule has 1 aliphatic heterocycles. The molecule has 0 saturated carbocycles. The first-order chi connectivity index (χ1) is 5.59. The maximum Gasteiger partial charge on any atom is 0.0737 e. The zero-order valence-electron chi connectivity index (χ0n) is 8.29. The van der Waals surface area contributed by atoms with Crippen molar-refractivity contribution < 1.29 is 4.84 Å². The van der Waals surface area contributed by atoms with Crippen LogP contribution in [0.25, 0.3) is 0 Å². The maximum absolute atomic E-state index is 5.84. The molecule has 1 rings (SSSR count). The van der Waals surface area contributed by atoms with E-state index in [9.17, 15) is 0 Å². The van der Waals surface area contributed by atoms with Gasteiger partial charge in [-0.2, -0.15) is 5.06 Å². The molecule has 0 bridgehead atoms. The van der Waals surface area contributed by atoms with Crippen LogP contribution in [-0.4, -0.2) is 29.8 Å². The fourth-order valence-electron chi connectivity index (χ4n) is 1.61. The summed E-state index contributed by atoms with van der Waals surface area (Å²) in [7, 11) is 0. The quantitative estimate of drug-likeness (QED) is 0.678. The summed E-state index contributed by atoms with van der Waals surface area (Å²) >= 11 is 0. The van der Waals surface area contributed by atoms with Crippen LogP contribution in [0.1, 0.15) is 33.6 Å². The Balaban J connectivity index is 2.34. The average molecular weight is 172 g/mol. The van der Waals surface area contributed by atoms with Gasteiger partial charge < -0.3 is 5.73 Å². The molecule has 0 aromatic rings. The van der Waals surface area contributed by atoms with E-state index in [1.54, 1.807) is 0 Å². The van der Waals surface area contributed by atoms with Crippen LogP contribution in [0, 0.1) is 0 Å². The van der Waals surface area contributed by atoms with Crippen molar-refractivity contribution in [2.75, 3.05) is 6.54 Å². The van der Waals surface area contributed by atoms with Crippen molar-refractivity contribution in [1.29, 1.82) is 0 Å². The van der Waals surface area contributed by atoms with E-state index in [0.29, 0.717) is 12.1 Å². The van der Waals surface area contributed by atoms with E-state index in [0.717, 1.165) is 19.4 Å². The van der Waals surface area contributed by atoms with Crippen LogP contribution in [0.2, 0.25) is 0 Å². The predicted molar refractivity (Wildman–Crippen MR) is 49.6 cm³/mol. The van der Waals surface area contributed by atoms with Crippen molar-refractivity contribution in [3.8, 4) is 0 Å². The summed E-state index contributed by atoms with van der Waals surface area (Å²) in [5, 5.41) is 2.06. The van der Waals surface area contributed by atoms with E-state index in [4.69, 9.17) is 10.6 Å². The Morgan fingerprint density at radius 3 is 2.67 bits per heavy atom. The van der Waals surface area contributed by atoms with Gasteiger partial charge in [0.15, 0.2) is 0 Å². The van der Waals surface area contributed by atoms with Crippen LogP contribution in [0.3, 0.4) is 0 Å². The zero-order valence-corrected chi connectivity index (χ0v) is 8.29. The lowest BCUT2D eigenvalue weighted by Gasteiger charge is -2.36. The van der Waals surface area contributed by atoms with Crippen LogP contribution in [0.5, 0.6) is 0 Å². The molecule has 0 aliphatic carbocycles. The molecule has 0 aromatic carbocycles. The predicted octanol–water partition coefficient (Wildman–Crippen LogP) is 1.14. The molecule has 1 aliphatic rings. The third-order valence-corrected chi connectivity index (χ3v) is 2.20. The van der Waals surface area contributed by atoms with Crippen molar-refractivity contribution in [2.45, 2.75) is 51.8 Å². The van der Waals surface area contributed by atoms with Gasteiger partial charge in [-0.25, -0.2) is 0 Å². The fourth-order valence-corrected chi connectivity index (χ4v) is 1.61. The van der Waals surface area contributed by atoms with E-state index in [-0.39, 0.29) is 6.10 Å². The third-order valence-electron chi connectivity index (χ3n) is 2.20. The molecule has 1 saturated heterocycles. The largest absolute Gasteiger partial charge is 0.328 e. The van der Waals surface area contributed by atoms with Crippen LogP contribution < -0.4 is 5.73 Å². The highest BCUT2D eigenvalue weighted by molar-refractivity contribution is 4.76.